The van der Waals surface area contributed by atoms with E-state index in [1.54, 1.807) is 20.6 Å². The molecule has 0 radical (unpaired) electrons. The number of nitrogens with zero attached hydrogens (tertiary/aromatic N) is 9. The second-order valence-corrected chi connectivity index (χ2v) is 33.6. The predicted octanol–water partition coefficient (Wildman–Crippen LogP) is 16.1. The predicted molar refractivity (Wildman–Crippen MR) is 517 cm³/mol. The van der Waals surface area contributed by atoms with Gasteiger partial charge in [-0.1, -0.05) is 243 Å². The Morgan fingerprint density at radius 3 is 1.00 bits per heavy atom. The highest BCUT2D eigenvalue weighted by atomic mass is 16.7. The molecule has 0 aliphatic carbocycles. The minimum absolute atomic E-state index is 0.0130. The first-order valence-corrected chi connectivity index (χ1v) is 45.0. The maximum absolute atomic E-state index is 12.6. The van der Waals surface area contributed by atoms with Gasteiger partial charge in [-0.3, -0.25) is 19.3 Å². The molecule has 0 aromatic heterocycles. The fourth-order valence-corrected chi connectivity index (χ4v) is 16.7. The molecule has 21 heteroatoms. The Morgan fingerprint density at radius 2 is 0.701 bits per heavy atom. The van der Waals surface area contributed by atoms with Crippen LogP contribution in [0.4, 0.5) is 28.4 Å². The van der Waals surface area contributed by atoms with E-state index in [1.807, 2.05) is 189 Å². The van der Waals surface area contributed by atoms with Crippen LogP contribution in [0.3, 0.4) is 0 Å². The fourth-order valence-electron chi connectivity index (χ4n) is 16.7. The molecule has 16 rings (SSSR count). The van der Waals surface area contributed by atoms with Crippen molar-refractivity contribution in [3.8, 4) is 6.07 Å². The van der Waals surface area contributed by atoms with Gasteiger partial charge in [-0.2, -0.15) is 5.26 Å². The highest BCUT2D eigenvalue weighted by Gasteiger charge is 2.49. The van der Waals surface area contributed by atoms with Crippen molar-refractivity contribution >= 4 is 58.3 Å². The molecule has 6 aliphatic rings. The molecular formula is C106H134N14O7. The summed E-state index contributed by atoms with van der Waals surface area (Å²) in [6, 6.07) is 105. The molecule has 5 saturated heterocycles. The molecule has 6 aliphatic heterocycles. The van der Waals surface area contributed by atoms with Crippen LogP contribution in [0, 0.1) is 11.3 Å². The van der Waals surface area contributed by atoms with Crippen LogP contribution in [-0.4, -0.2) is 221 Å². The number of esters is 1. The van der Waals surface area contributed by atoms with Crippen LogP contribution in [0.1, 0.15) is 92.0 Å². The number of likely N-dealkylation sites (tertiary alicyclic amines) is 5. The van der Waals surface area contributed by atoms with Crippen molar-refractivity contribution in [2.24, 2.45) is 10.7 Å². The maximum atomic E-state index is 12.6. The summed E-state index contributed by atoms with van der Waals surface area (Å²) in [4.78, 5) is 68.4. The number of nitrogens with two attached hydrogens (primary N) is 2. The average molecular weight is 1720 g/mol. The van der Waals surface area contributed by atoms with Crippen LogP contribution in [0.25, 0.3) is 0 Å². The minimum atomic E-state index is -0.634. The Morgan fingerprint density at radius 1 is 0.409 bits per heavy atom. The van der Waals surface area contributed by atoms with Crippen molar-refractivity contribution < 1.29 is 33.4 Å². The molecule has 0 unspecified atom stereocenters. The number of hydrogen-bond acceptors (Lipinski definition) is 19. The summed E-state index contributed by atoms with van der Waals surface area (Å²) in [5, 5.41) is 19.9. The molecular weight excluding hydrogens is 1580 g/mol. The van der Waals surface area contributed by atoms with Gasteiger partial charge in [0.2, 0.25) is 12.3 Å². The zero-order valence-electron chi connectivity index (χ0n) is 75.3. The summed E-state index contributed by atoms with van der Waals surface area (Å²) >= 11 is 0. The van der Waals surface area contributed by atoms with Crippen molar-refractivity contribution in [3.05, 3.63) is 331 Å². The van der Waals surface area contributed by atoms with Gasteiger partial charge >= 0.3 is 5.97 Å². The van der Waals surface area contributed by atoms with E-state index in [1.165, 1.54) is 34.9 Å². The van der Waals surface area contributed by atoms with Crippen molar-refractivity contribution in [1.29, 1.82) is 5.26 Å². The van der Waals surface area contributed by atoms with Crippen molar-refractivity contribution in [2.75, 3.05) is 160 Å². The highest BCUT2D eigenvalue weighted by Crippen LogP contribution is 2.37. The van der Waals surface area contributed by atoms with Gasteiger partial charge < -0.3 is 71.0 Å². The molecule has 6 heterocycles. The molecule has 21 nitrogen and oxygen atoms in total. The number of ketones is 1. The lowest BCUT2D eigenvalue weighted by Crippen LogP contribution is -2.57. The third kappa shape index (κ3) is 32.0. The number of para-hydroxylation sites is 5. The molecule has 670 valence electrons. The Bertz CT molecular complexity index is 4790. The van der Waals surface area contributed by atoms with Gasteiger partial charge in [-0.05, 0) is 186 Å². The minimum Gasteiger partial charge on any atom is -0.467 e. The first-order chi connectivity index (χ1) is 61.9. The van der Waals surface area contributed by atoms with Gasteiger partial charge in [0.05, 0.1) is 19.5 Å². The number of rotatable bonds is 27. The number of carbonyl (C=O) groups is 4. The summed E-state index contributed by atoms with van der Waals surface area (Å²) in [5.41, 5.74) is 20.6. The SMILES string of the molecule is COC(=O)C1(Nc2ccccc2)CCN(CCc2ccccc2)CC1.COC(OC)N(C)C.N#CC1(Nc2ccccc2)CCN(CCc2ccccc2)CC1.NC(=O)C1(Nc2ccccc2)CCN(CCc2ccccc2)CC1.Nc1ccccc1.O=C1CCN(CCc2ccccc2)CC1.O=C1N=CN(c2ccccc2)C12CCN(CCc1ccccc1)CC2. The molecule has 0 saturated carbocycles. The molecule has 127 heavy (non-hydrogen) atoms. The highest BCUT2D eigenvalue weighted by molar-refractivity contribution is 6.08. The number of primary amides is 1. The van der Waals surface area contributed by atoms with E-state index in [4.69, 9.17) is 25.7 Å². The first kappa shape index (κ1) is 97.5. The number of amides is 2. The van der Waals surface area contributed by atoms with Crippen LogP contribution in [0.5, 0.6) is 0 Å². The number of benzene rings is 10. The number of piperidine rings is 5. The molecule has 10 aromatic carbocycles. The first-order valence-electron chi connectivity index (χ1n) is 45.0. The average Bonchev–Trinajstić information content (AvgIpc) is 1.62. The standard InChI is InChI=1S/C21H23N3O.C21H26N2O2.C20H25N3O.C20H23N3.C13H17NO.C6H7N.C5H13NO2/c25-20-21(24(17-22-20)19-9-5-2-6-10-19)12-15-23(16-13-21)14-11-18-7-3-1-4-8-18;1-25-20(24)21(22-19-10-6-3-7-11-19)13-16-23(17-14-21)15-12-18-8-4-2-5-9-18;21-19(24)20(22-18-9-5-2-6-10-18)12-15-23(16-13-20)14-11-17-7-3-1-4-8-17;21-17-20(22-19-9-5-2-6-10-19)12-15-23(16-13-20)14-11-18-7-3-1-4-8-18;15-13-7-10-14(11-8-13)9-6-12-4-2-1-3-5-12;7-6-4-2-1-3-5-6;1-6(2)5(7-3)8-4/h1-10,17H,11-16H2;2-11,22H,12-17H2,1H3;1-10,22H,11-16H2,(H2,21,24);1-10,22H,11-16H2;1-5H,6-11H2;1-5H,7H2;5H,1-4H3. The van der Waals surface area contributed by atoms with E-state index in [0.717, 1.165) is 223 Å². The largest absolute Gasteiger partial charge is 0.467 e. The zero-order chi connectivity index (χ0) is 89.6. The number of aliphatic imine (C=N–C) groups is 1. The lowest BCUT2D eigenvalue weighted by molar-refractivity contribution is -0.179. The van der Waals surface area contributed by atoms with E-state index in [2.05, 4.69) is 190 Å². The number of methoxy groups -OCH3 is 3. The number of carbonyl (C=O) groups excluding carboxylic acids is 4. The normalized spacial score (nSPS) is 16.9. The monoisotopic (exact) mass is 1720 g/mol. The van der Waals surface area contributed by atoms with Gasteiger partial charge in [0, 0.05) is 154 Å². The Kier molecular flexibility index (Phi) is 40.3. The van der Waals surface area contributed by atoms with Crippen LogP contribution in [0.2, 0.25) is 0 Å². The maximum Gasteiger partial charge on any atom is 0.331 e. The summed E-state index contributed by atoms with van der Waals surface area (Å²) in [5.74, 6) is 0.0122. The molecule has 7 N–H and O–H groups in total. The Balaban J connectivity index is 0.000000160. The summed E-state index contributed by atoms with van der Waals surface area (Å²) < 4.78 is 14.8. The number of Topliss-reactive ketones (excluding diaryl/α,β-unsaturated/α-hetero) is 1. The van der Waals surface area contributed by atoms with E-state index >= 15 is 0 Å². The van der Waals surface area contributed by atoms with Gasteiger partial charge in [-0.15, -0.1) is 0 Å². The Labute approximate surface area is 755 Å². The fraction of sp³-hybridized carbons (Fsp3) is 0.377. The molecule has 10 aromatic rings. The van der Waals surface area contributed by atoms with E-state index in [0.29, 0.717) is 5.78 Å². The number of ether oxygens (including phenoxy) is 3. The van der Waals surface area contributed by atoms with Gasteiger partial charge in [0.1, 0.15) is 27.9 Å². The lowest BCUT2D eigenvalue weighted by Gasteiger charge is -2.43. The number of anilines is 5. The van der Waals surface area contributed by atoms with E-state index < -0.39 is 22.2 Å². The van der Waals surface area contributed by atoms with Crippen LogP contribution in [-0.2, 0) is 65.5 Å². The number of nitrogen functional groups attached to an aromatic ring is 1. The van der Waals surface area contributed by atoms with Crippen molar-refractivity contribution in [3.63, 3.8) is 0 Å². The molecule has 2 amide bonds. The van der Waals surface area contributed by atoms with Gasteiger partial charge in [-0.25, -0.2) is 9.79 Å². The molecule has 1 spiro atoms. The number of hydrogen-bond donors (Lipinski definition) is 5. The van der Waals surface area contributed by atoms with E-state index in [-0.39, 0.29) is 24.2 Å². The summed E-state index contributed by atoms with van der Waals surface area (Å²) in [6.45, 7) is 14.5. The molecule has 0 bridgehead atoms. The second-order valence-electron chi connectivity index (χ2n) is 33.6. The summed E-state index contributed by atoms with van der Waals surface area (Å²) in [6.07, 6.45) is 14.7. The van der Waals surface area contributed by atoms with Crippen LogP contribution < -0.4 is 32.3 Å². The number of nitrogens with one attached hydrogen (secondary N) is 3. The zero-order valence-corrected chi connectivity index (χ0v) is 75.3. The molecule has 0 atom stereocenters. The van der Waals surface area contributed by atoms with E-state index in [9.17, 15) is 24.4 Å². The smallest absolute Gasteiger partial charge is 0.331 e. The molecule has 5 fully saturated rings. The van der Waals surface area contributed by atoms with Crippen LogP contribution in [0.15, 0.2) is 308 Å². The number of nitriles is 1. The van der Waals surface area contributed by atoms with Crippen molar-refractivity contribution in [1.82, 2.24) is 29.4 Å². The summed E-state index contributed by atoms with van der Waals surface area (Å²) in [7, 11) is 8.45. The second kappa shape index (κ2) is 52.4. The van der Waals surface area contributed by atoms with Gasteiger partial charge in [0.25, 0.3) is 5.91 Å². The van der Waals surface area contributed by atoms with Gasteiger partial charge in [0.15, 0.2) is 0 Å². The van der Waals surface area contributed by atoms with Crippen molar-refractivity contribution in [2.45, 2.75) is 125 Å². The quantitative estimate of drug-likeness (QED) is 0.0183. The third-order valence-electron chi connectivity index (χ3n) is 24.6. The Hall–Kier alpha value is -11.7. The lowest BCUT2D eigenvalue weighted by atomic mass is 9.85. The topological polar surface area (TPSA) is 243 Å². The third-order valence-corrected chi connectivity index (χ3v) is 24.6. The van der Waals surface area contributed by atoms with Crippen LogP contribution >= 0.6 is 0 Å².